The van der Waals surface area contributed by atoms with Crippen molar-refractivity contribution in [2.45, 2.75) is 19.8 Å². The van der Waals surface area contributed by atoms with Crippen LogP contribution in [-0.4, -0.2) is 29.0 Å². The van der Waals surface area contributed by atoms with E-state index in [0.717, 1.165) is 31.0 Å². The number of nitrogens with zero attached hydrogens (tertiary/aromatic N) is 3. The number of anilines is 1. The summed E-state index contributed by atoms with van der Waals surface area (Å²) >= 11 is 5.94. The van der Waals surface area contributed by atoms with E-state index in [2.05, 4.69) is 9.97 Å². The standard InChI is InChI=1S/C11H15ClN4O/c1-2-9-14-8(12)5-10(15-9)16-4-3-7(6-16)11(13)17/h5,7H,2-4,6H2,1H3,(H2,13,17). The molecule has 1 aliphatic rings. The molecule has 2 rings (SSSR count). The Morgan fingerprint density at radius 3 is 3.00 bits per heavy atom. The Kier molecular flexibility index (Phi) is 3.47. The predicted octanol–water partition coefficient (Wildman–Crippen LogP) is 1.00. The van der Waals surface area contributed by atoms with Gasteiger partial charge in [0.1, 0.15) is 16.8 Å². The van der Waals surface area contributed by atoms with Crippen LogP contribution >= 0.6 is 11.6 Å². The van der Waals surface area contributed by atoms with Crippen LogP contribution in [0.5, 0.6) is 0 Å². The van der Waals surface area contributed by atoms with E-state index >= 15 is 0 Å². The van der Waals surface area contributed by atoms with Crippen molar-refractivity contribution in [3.8, 4) is 0 Å². The number of carbonyl (C=O) groups is 1. The van der Waals surface area contributed by atoms with Gasteiger partial charge in [0.2, 0.25) is 5.91 Å². The molecule has 0 saturated carbocycles. The average Bonchev–Trinajstić information content (AvgIpc) is 2.77. The minimum Gasteiger partial charge on any atom is -0.369 e. The Bertz CT molecular complexity index is 437. The third-order valence-electron chi connectivity index (χ3n) is 2.96. The van der Waals surface area contributed by atoms with E-state index < -0.39 is 0 Å². The van der Waals surface area contributed by atoms with Crippen LogP contribution in [0.15, 0.2) is 6.07 Å². The number of amides is 1. The van der Waals surface area contributed by atoms with Crippen LogP contribution in [0.4, 0.5) is 5.82 Å². The first-order valence-electron chi connectivity index (χ1n) is 5.68. The summed E-state index contributed by atoms with van der Waals surface area (Å²) in [6.07, 6.45) is 1.51. The number of aryl methyl sites for hydroxylation is 1. The second-order valence-corrected chi connectivity index (χ2v) is 4.54. The molecule has 1 amide bonds. The summed E-state index contributed by atoms with van der Waals surface area (Å²) in [5.74, 6) is 1.16. The van der Waals surface area contributed by atoms with E-state index in [4.69, 9.17) is 17.3 Å². The topological polar surface area (TPSA) is 72.1 Å². The normalized spacial score (nSPS) is 19.6. The van der Waals surface area contributed by atoms with E-state index in [9.17, 15) is 4.79 Å². The van der Waals surface area contributed by atoms with E-state index in [1.54, 1.807) is 6.07 Å². The Balaban J connectivity index is 2.18. The summed E-state index contributed by atoms with van der Waals surface area (Å²) < 4.78 is 0. The first-order chi connectivity index (χ1) is 8.10. The highest BCUT2D eigenvalue weighted by Gasteiger charge is 2.27. The van der Waals surface area contributed by atoms with Crippen LogP contribution in [0.2, 0.25) is 5.15 Å². The first-order valence-corrected chi connectivity index (χ1v) is 6.05. The van der Waals surface area contributed by atoms with Gasteiger partial charge in [-0.15, -0.1) is 0 Å². The molecule has 2 heterocycles. The first kappa shape index (κ1) is 12.1. The second-order valence-electron chi connectivity index (χ2n) is 4.15. The molecule has 1 aromatic heterocycles. The molecule has 1 aromatic rings. The van der Waals surface area contributed by atoms with Gasteiger partial charge in [0, 0.05) is 25.6 Å². The molecule has 0 aliphatic carbocycles. The Labute approximate surface area is 105 Å². The molecule has 17 heavy (non-hydrogen) atoms. The zero-order valence-electron chi connectivity index (χ0n) is 9.69. The van der Waals surface area contributed by atoms with Crippen LogP contribution in [0.3, 0.4) is 0 Å². The quantitative estimate of drug-likeness (QED) is 0.817. The maximum atomic E-state index is 11.1. The Morgan fingerprint density at radius 2 is 2.41 bits per heavy atom. The van der Waals surface area contributed by atoms with Crippen molar-refractivity contribution in [2.24, 2.45) is 11.7 Å². The molecule has 0 aromatic carbocycles. The SMILES string of the molecule is CCc1nc(Cl)cc(N2CCC(C(N)=O)C2)n1. The largest absolute Gasteiger partial charge is 0.369 e. The number of carbonyl (C=O) groups excluding carboxylic acids is 1. The molecular formula is C11H15ClN4O. The highest BCUT2D eigenvalue weighted by Crippen LogP contribution is 2.23. The number of hydrogen-bond acceptors (Lipinski definition) is 4. The molecule has 0 spiro atoms. The third kappa shape index (κ3) is 2.66. The van der Waals surface area contributed by atoms with Gasteiger partial charge in [-0.25, -0.2) is 9.97 Å². The molecule has 2 N–H and O–H groups in total. The van der Waals surface area contributed by atoms with E-state index in [0.29, 0.717) is 11.7 Å². The smallest absolute Gasteiger partial charge is 0.222 e. The monoisotopic (exact) mass is 254 g/mol. The lowest BCUT2D eigenvalue weighted by Crippen LogP contribution is -2.27. The molecule has 5 nitrogen and oxygen atoms in total. The van der Waals surface area contributed by atoms with Crippen molar-refractivity contribution in [1.29, 1.82) is 0 Å². The minimum atomic E-state index is -0.247. The zero-order chi connectivity index (χ0) is 12.4. The number of primary amides is 1. The van der Waals surface area contributed by atoms with Gasteiger partial charge in [0.15, 0.2) is 0 Å². The Hall–Kier alpha value is -1.36. The number of halogens is 1. The van der Waals surface area contributed by atoms with Gasteiger partial charge >= 0.3 is 0 Å². The van der Waals surface area contributed by atoms with Crippen molar-refractivity contribution < 1.29 is 4.79 Å². The molecule has 1 aliphatic heterocycles. The van der Waals surface area contributed by atoms with Crippen molar-refractivity contribution in [3.63, 3.8) is 0 Å². The fourth-order valence-electron chi connectivity index (χ4n) is 1.97. The van der Waals surface area contributed by atoms with E-state index in [1.807, 2.05) is 11.8 Å². The van der Waals surface area contributed by atoms with E-state index in [1.165, 1.54) is 0 Å². The molecule has 92 valence electrons. The Morgan fingerprint density at radius 1 is 1.65 bits per heavy atom. The molecule has 0 radical (unpaired) electrons. The summed E-state index contributed by atoms with van der Waals surface area (Å²) in [6, 6.07) is 1.73. The van der Waals surface area contributed by atoms with Crippen molar-refractivity contribution >= 4 is 23.3 Å². The van der Waals surface area contributed by atoms with Gasteiger partial charge in [0.25, 0.3) is 0 Å². The van der Waals surface area contributed by atoms with Gasteiger partial charge in [-0.2, -0.15) is 0 Å². The minimum absolute atomic E-state index is 0.0891. The van der Waals surface area contributed by atoms with Gasteiger partial charge in [0.05, 0.1) is 5.92 Å². The molecule has 1 fully saturated rings. The number of aromatic nitrogens is 2. The lowest BCUT2D eigenvalue weighted by Gasteiger charge is -2.17. The van der Waals surface area contributed by atoms with Crippen LogP contribution in [0, 0.1) is 5.92 Å². The maximum Gasteiger partial charge on any atom is 0.222 e. The molecule has 1 saturated heterocycles. The number of rotatable bonds is 3. The van der Waals surface area contributed by atoms with Crippen LogP contribution in [0.25, 0.3) is 0 Å². The second kappa shape index (κ2) is 4.87. The van der Waals surface area contributed by atoms with E-state index in [-0.39, 0.29) is 11.8 Å². The molecule has 1 atom stereocenters. The summed E-state index contributed by atoms with van der Waals surface area (Å²) in [5.41, 5.74) is 5.30. The van der Waals surface area contributed by atoms with Crippen LogP contribution in [0.1, 0.15) is 19.2 Å². The molecule has 6 heteroatoms. The summed E-state index contributed by atoms with van der Waals surface area (Å²) in [7, 11) is 0. The summed E-state index contributed by atoms with van der Waals surface area (Å²) in [5, 5.41) is 0.439. The summed E-state index contributed by atoms with van der Waals surface area (Å²) in [6.45, 7) is 3.38. The van der Waals surface area contributed by atoms with Crippen molar-refractivity contribution in [3.05, 3.63) is 17.0 Å². The van der Waals surface area contributed by atoms with Crippen molar-refractivity contribution in [1.82, 2.24) is 9.97 Å². The lowest BCUT2D eigenvalue weighted by molar-refractivity contribution is -0.121. The molecule has 0 bridgehead atoms. The van der Waals surface area contributed by atoms with Gasteiger partial charge < -0.3 is 10.6 Å². The highest BCUT2D eigenvalue weighted by atomic mass is 35.5. The van der Waals surface area contributed by atoms with Crippen LogP contribution < -0.4 is 10.6 Å². The average molecular weight is 255 g/mol. The maximum absolute atomic E-state index is 11.1. The third-order valence-corrected chi connectivity index (χ3v) is 3.15. The number of nitrogens with two attached hydrogens (primary N) is 1. The zero-order valence-corrected chi connectivity index (χ0v) is 10.4. The molecule has 1 unspecified atom stereocenters. The van der Waals surface area contributed by atoms with Gasteiger partial charge in [-0.1, -0.05) is 18.5 Å². The van der Waals surface area contributed by atoms with Gasteiger partial charge in [-0.3, -0.25) is 4.79 Å². The van der Waals surface area contributed by atoms with Crippen LogP contribution in [-0.2, 0) is 11.2 Å². The highest BCUT2D eigenvalue weighted by molar-refractivity contribution is 6.29. The lowest BCUT2D eigenvalue weighted by atomic mass is 10.1. The van der Waals surface area contributed by atoms with Crippen molar-refractivity contribution in [2.75, 3.05) is 18.0 Å². The summed E-state index contributed by atoms with van der Waals surface area (Å²) in [4.78, 5) is 21.7. The predicted molar refractivity (Wildman–Crippen MR) is 65.9 cm³/mol. The number of hydrogen-bond donors (Lipinski definition) is 1. The fourth-order valence-corrected chi connectivity index (χ4v) is 2.17. The molecular weight excluding hydrogens is 240 g/mol. The fraction of sp³-hybridized carbons (Fsp3) is 0.545. The van der Waals surface area contributed by atoms with Gasteiger partial charge in [-0.05, 0) is 6.42 Å².